The summed E-state index contributed by atoms with van der Waals surface area (Å²) in [5.41, 5.74) is 0.844. The van der Waals surface area contributed by atoms with Gasteiger partial charge in [0.2, 0.25) is 9.84 Å². The zero-order chi connectivity index (χ0) is 21.5. The van der Waals surface area contributed by atoms with Crippen molar-refractivity contribution in [2.24, 2.45) is 0 Å². The van der Waals surface area contributed by atoms with E-state index in [1.807, 2.05) is 0 Å². The largest absolute Gasteiger partial charge is 0.255 e. The lowest BCUT2D eigenvalue weighted by Gasteiger charge is -2.14. The number of pyridine rings is 1. The maximum absolute atomic E-state index is 13.9. The van der Waals surface area contributed by atoms with E-state index in [2.05, 4.69) is 4.98 Å². The van der Waals surface area contributed by atoms with Gasteiger partial charge in [0.15, 0.2) is 0 Å². The Hall–Kier alpha value is -3.34. The van der Waals surface area contributed by atoms with Crippen molar-refractivity contribution in [3.63, 3.8) is 0 Å². The van der Waals surface area contributed by atoms with Gasteiger partial charge < -0.3 is 0 Å². The molecule has 4 nitrogen and oxygen atoms in total. The van der Waals surface area contributed by atoms with Crippen molar-refractivity contribution < 1.29 is 17.2 Å². The van der Waals surface area contributed by atoms with Gasteiger partial charge in [0.05, 0.1) is 26.9 Å². The molecule has 0 aliphatic carbocycles. The van der Waals surface area contributed by atoms with E-state index in [1.165, 1.54) is 18.2 Å². The standard InChI is InChI=1S/C22H11ClF2N2O2S/c23-15-3-1-2-14(8-15)22-19-5-4-16(24)10-20(19)27-12-21(22)30(28,29)18-7-13(11-26)6-17(25)9-18/h1-10,12H. The number of rotatable bonds is 3. The summed E-state index contributed by atoms with van der Waals surface area (Å²) in [6.45, 7) is 0. The van der Waals surface area contributed by atoms with Crippen LogP contribution < -0.4 is 0 Å². The molecule has 4 aromatic rings. The molecule has 0 spiro atoms. The van der Waals surface area contributed by atoms with Crippen molar-refractivity contribution in [2.45, 2.75) is 9.79 Å². The minimum Gasteiger partial charge on any atom is -0.255 e. The zero-order valence-corrected chi connectivity index (χ0v) is 16.7. The Balaban J connectivity index is 2.09. The second kappa shape index (κ2) is 7.48. The van der Waals surface area contributed by atoms with Crippen LogP contribution in [0.25, 0.3) is 22.0 Å². The quantitative estimate of drug-likeness (QED) is 0.419. The molecule has 0 saturated heterocycles. The molecule has 0 unspecified atom stereocenters. The number of halogens is 3. The normalized spacial score (nSPS) is 11.4. The highest BCUT2D eigenvalue weighted by Gasteiger charge is 2.26. The number of nitrogens with zero attached hydrogens (tertiary/aromatic N) is 2. The summed E-state index contributed by atoms with van der Waals surface area (Å²) in [4.78, 5) is 3.50. The van der Waals surface area contributed by atoms with E-state index in [9.17, 15) is 17.2 Å². The fourth-order valence-corrected chi connectivity index (χ4v) is 4.89. The van der Waals surface area contributed by atoms with Crippen LogP contribution in [0.1, 0.15) is 5.56 Å². The molecule has 30 heavy (non-hydrogen) atoms. The second-order valence-electron chi connectivity index (χ2n) is 6.46. The van der Waals surface area contributed by atoms with Gasteiger partial charge in [-0.3, -0.25) is 4.98 Å². The molecule has 0 radical (unpaired) electrons. The molecule has 0 saturated carbocycles. The molecule has 0 fully saturated rings. The third-order valence-electron chi connectivity index (χ3n) is 4.51. The molecular weight excluding hydrogens is 430 g/mol. The highest BCUT2D eigenvalue weighted by Crippen LogP contribution is 2.37. The van der Waals surface area contributed by atoms with Crippen LogP contribution in [-0.4, -0.2) is 13.4 Å². The Morgan fingerprint density at radius 3 is 2.50 bits per heavy atom. The summed E-state index contributed by atoms with van der Waals surface area (Å²) >= 11 is 6.10. The average molecular weight is 441 g/mol. The minimum absolute atomic E-state index is 0.131. The van der Waals surface area contributed by atoms with Crippen molar-refractivity contribution in [1.29, 1.82) is 5.26 Å². The van der Waals surface area contributed by atoms with E-state index >= 15 is 0 Å². The lowest BCUT2D eigenvalue weighted by molar-refractivity contribution is 0.590. The molecule has 0 N–H and O–H groups in total. The highest BCUT2D eigenvalue weighted by molar-refractivity contribution is 7.91. The summed E-state index contributed by atoms with van der Waals surface area (Å²) in [6, 6.07) is 15.0. The molecule has 0 aliphatic heterocycles. The van der Waals surface area contributed by atoms with Crippen LogP contribution in [0.5, 0.6) is 0 Å². The summed E-state index contributed by atoms with van der Waals surface area (Å²) in [5, 5.41) is 9.84. The molecule has 0 aliphatic rings. The molecule has 0 amide bonds. The maximum atomic E-state index is 13.9. The number of nitriles is 1. The third kappa shape index (κ3) is 3.52. The fourth-order valence-electron chi connectivity index (χ4n) is 3.20. The number of sulfone groups is 1. The van der Waals surface area contributed by atoms with Gasteiger partial charge in [-0.15, -0.1) is 0 Å². The highest BCUT2D eigenvalue weighted by atomic mass is 35.5. The van der Waals surface area contributed by atoms with E-state index in [4.69, 9.17) is 16.9 Å². The van der Waals surface area contributed by atoms with E-state index in [0.29, 0.717) is 16.0 Å². The van der Waals surface area contributed by atoms with Gasteiger partial charge in [0, 0.05) is 28.2 Å². The van der Waals surface area contributed by atoms with E-state index in [-0.39, 0.29) is 26.4 Å². The van der Waals surface area contributed by atoms with E-state index < -0.39 is 21.5 Å². The van der Waals surface area contributed by atoms with Crippen LogP contribution in [0.4, 0.5) is 8.78 Å². The lowest BCUT2D eigenvalue weighted by Crippen LogP contribution is -2.06. The smallest absolute Gasteiger partial charge is 0.208 e. The molecule has 1 heterocycles. The van der Waals surface area contributed by atoms with E-state index in [1.54, 1.807) is 30.3 Å². The van der Waals surface area contributed by atoms with Crippen molar-refractivity contribution in [3.05, 3.63) is 89.1 Å². The first-order chi connectivity index (χ1) is 14.3. The summed E-state index contributed by atoms with van der Waals surface area (Å²) in [7, 11) is -4.28. The molecular formula is C22H11ClF2N2O2S. The second-order valence-corrected chi connectivity index (χ2v) is 8.81. The minimum atomic E-state index is -4.28. The van der Waals surface area contributed by atoms with Crippen LogP contribution in [0.2, 0.25) is 5.02 Å². The van der Waals surface area contributed by atoms with Crippen molar-refractivity contribution in [1.82, 2.24) is 4.98 Å². The summed E-state index contributed by atoms with van der Waals surface area (Å²) < 4.78 is 54.5. The number of aromatic nitrogens is 1. The SMILES string of the molecule is N#Cc1cc(F)cc(S(=O)(=O)c2cnc3cc(F)ccc3c2-c2cccc(Cl)c2)c1. The topological polar surface area (TPSA) is 70.8 Å². The Bertz CT molecular complexity index is 1460. The van der Waals surface area contributed by atoms with Crippen LogP contribution >= 0.6 is 11.6 Å². The van der Waals surface area contributed by atoms with Crippen molar-refractivity contribution in [3.8, 4) is 17.2 Å². The molecule has 148 valence electrons. The average Bonchev–Trinajstić information content (AvgIpc) is 2.72. The maximum Gasteiger partial charge on any atom is 0.208 e. The number of hydrogen-bond acceptors (Lipinski definition) is 4. The number of benzene rings is 3. The Morgan fingerprint density at radius 2 is 1.77 bits per heavy atom. The van der Waals surface area contributed by atoms with Crippen LogP contribution in [-0.2, 0) is 9.84 Å². The van der Waals surface area contributed by atoms with E-state index in [0.717, 1.165) is 24.4 Å². The zero-order valence-electron chi connectivity index (χ0n) is 15.1. The predicted molar refractivity (Wildman–Crippen MR) is 109 cm³/mol. The summed E-state index contributed by atoms with van der Waals surface area (Å²) in [6.07, 6.45) is 1.10. The van der Waals surface area contributed by atoms with Crippen LogP contribution in [0.3, 0.4) is 0 Å². The first kappa shape index (κ1) is 20.0. The molecule has 1 aromatic heterocycles. The van der Waals surface area contributed by atoms with Gasteiger partial charge >= 0.3 is 0 Å². The third-order valence-corrected chi connectivity index (χ3v) is 6.49. The number of hydrogen-bond donors (Lipinski definition) is 0. The molecule has 4 rings (SSSR count). The lowest BCUT2D eigenvalue weighted by atomic mass is 10.0. The van der Waals surface area contributed by atoms with Gasteiger partial charge in [-0.25, -0.2) is 17.2 Å². The van der Waals surface area contributed by atoms with Crippen molar-refractivity contribution >= 4 is 32.3 Å². The van der Waals surface area contributed by atoms with Gasteiger partial charge in [-0.2, -0.15) is 5.26 Å². The molecule has 8 heteroatoms. The van der Waals surface area contributed by atoms with Gasteiger partial charge in [0.25, 0.3) is 0 Å². The Labute approximate surface area is 175 Å². The molecule has 0 atom stereocenters. The van der Waals surface area contributed by atoms with Gasteiger partial charge in [0.1, 0.15) is 11.6 Å². The monoisotopic (exact) mass is 440 g/mol. The van der Waals surface area contributed by atoms with Crippen LogP contribution in [0.15, 0.2) is 76.7 Å². The van der Waals surface area contributed by atoms with Gasteiger partial charge in [-0.05, 0) is 48.0 Å². The first-order valence-electron chi connectivity index (χ1n) is 8.59. The summed E-state index contributed by atoms with van der Waals surface area (Å²) in [5.74, 6) is -1.38. The van der Waals surface area contributed by atoms with Crippen molar-refractivity contribution in [2.75, 3.05) is 0 Å². The number of fused-ring (bicyclic) bond motifs is 1. The fraction of sp³-hybridized carbons (Fsp3) is 0. The Morgan fingerprint density at radius 1 is 0.967 bits per heavy atom. The molecule has 0 bridgehead atoms. The molecule has 3 aromatic carbocycles. The Kier molecular flexibility index (Phi) is 4.98. The predicted octanol–water partition coefficient (Wildman–Crippen LogP) is 5.54. The first-order valence-corrected chi connectivity index (χ1v) is 10.5. The van der Waals surface area contributed by atoms with Crippen LogP contribution in [0, 0.1) is 23.0 Å². The van der Waals surface area contributed by atoms with Gasteiger partial charge in [-0.1, -0.05) is 23.7 Å².